The van der Waals surface area contributed by atoms with Gasteiger partial charge in [-0.1, -0.05) is 42.5 Å². The molecule has 0 radical (unpaired) electrons. The van der Waals surface area contributed by atoms with Gasteiger partial charge >= 0.3 is 0 Å². The van der Waals surface area contributed by atoms with Crippen molar-refractivity contribution in [2.75, 3.05) is 25.1 Å². The smallest absolute Gasteiger partial charge is 0.224 e. The molecular formula is C21H24N2O2. The Balaban J connectivity index is 1.37. The largest absolute Gasteiger partial charge is 0.381 e. The Kier molecular flexibility index (Phi) is 4.70. The first-order chi connectivity index (χ1) is 12.3. The Morgan fingerprint density at radius 2 is 2.00 bits per heavy atom. The van der Waals surface area contributed by atoms with E-state index in [4.69, 9.17) is 4.74 Å². The van der Waals surface area contributed by atoms with Gasteiger partial charge in [0.25, 0.3) is 0 Å². The van der Waals surface area contributed by atoms with Crippen molar-refractivity contribution in [2.45, 2.75) is 25.3 Å². The van der Waals surface area contributed by atoms with E-state index in [0.29, 0.717) is 18.4 Å². The number of ether oxygens (including phenoxy) is 1. The molecule has 2 N–H and O–H groups in total. The molecule has 0 aromatic heterocycles. The molecule has 1 saturated heterocycles. The first kappa shape index (κ1) is 16.2. The van der Waals surface area contributed by atoms with E-state index < -0.39 is 0 Å². The van der Waals surface area contributed by atoms with Crippen LogP contribution in [0.1, 0.15) is 29.2 Å². The minimum Gasteiger partial charge on any atom is -0.381 e. The van der Waals surface area contributed by atoms with Gasteiger partial charge in [0.15, 0.2) is 0 Å². The number of fused-ring (bicyclic) bond motifs is 1. The number of anilines is 1. The molecule has 2 aromatic rings. The molecule has 25 heavy (non-hydrogen) atoms. The van der Waals surface area contributed by atoms with E-state index >= 15 is 0 Å². The van der Waals surface area contributed by atoms with Gasteiger partial charge in [0, 0.05) is 18.2 Å². The number of benzene rings is 2. The summed E-state index contributed by atoms with van der Waals surface area (Å²) in [7, 11) is 0. The SMILES string of the molecule is O=C(Cc1ccc2c(c1)CCC(c1ccccc1)N2)NCC1COC1. The molecule has 0 aliphatic carbocycles. The first-order valence-corrected chi connectivity index (χ1v) is 9.05. The molecule has 2 heterocycles. The predicted octanol–water partition coefficient (Wildman–Crippen LogP) is 3.09. The van der Waals surface area contributed by atoms with Crippen LogP contribution in [0.5, 0.6) is 0 Å². The number of amides is 1. The van der Waals surface area contributed by atoms with Crippen molar-refractivity contribution in [2.24, 2.45) is 5.92 Å². The van der Waals surface area contributed by atoms with Gasteiger partial charge in [-0.25, -0.2) is 0 Å². The maximum absolute atomic E-state index is 12.1. The van der Waals surface area contributed by atoms with Crippen LogP contribution in [0.25, 0.3) is 0 Å². The summed E-state index contributed by atoms with van der Waals surface area (Å²) in [5.41, 5.74) is 4.92. The third-order valence-corrected chi connectivity index (χ3v) is 5.06. The second kappa shape index (κ2) is 7.28. The number of hydrogen-bond acceptors (Lipinski definition) is 3. The molecule has 0 saturated carbocycles. The molecule has 1 atom stereocenters. The van der Waals surface area contributed by atoms with Crippen LogP contribution in [0.3, 0.4) is 0 Å². The summed E-state index contributed by atoms with van der Waals surface area (Å²) in [4.78, 5) is 12.1. The lowest BCUT2D eigenvalue weighted by Crippen LogP contribution is -2.39. The molecule has 1 amide bonds. The fourth-order valence-electron chi connectivity index (χ4n) is 3.51. The summed E-state index contributed by atoms with van der Waals surface area (Å²) < 4.78 is 5.13. The minimum atomic E-state index is 0.0952. The lowest BCUT2D eigenvalue weighted by Gasteiger charge is -2.28. The quantitative estimate of drug-likeness (QED) is 0.882. The highest BCUT2D eigenvalue weighted by molar-refractivity contribution is 5.79. The molecule has 2 aliphatic rings. The summed E-state index contributed by atoms with van der Waals surface area (Å²) in [5.74, 6) is 0.587. The standard InChI is InChI=1S/C21H24N2O2/c24-21(22-12-16-13-25-14-16)11-15-6-8-20-18(10-15)7-9-19(23-20)17-4-2-1-3-5-17/h1-6,8,10,16,19,23H,7,9,11-14H2,(H,22,24). The van der Waals surface area contributed by atoms with Crippen LogP contribution >= 0.6 is 0 Å². The summed E-state index contributed by atoms with van der Waals surface area (Å²) >= 11 is 0. The molecule has 4 nitrogen and oxygen atoms in total. The Hall–Kier alpha value is -2.33. The Labute approximate surface area is 148 Å². The van der Waals surface area contributed by atoms with E-state index in [1.54, 1.807) is 0 Å². The predicted molar refractivity (Wildman–Crippen MR) is 98.6 cm³/mol. The average molecular weight is 336 g/mol. The molecule has 0 spiro atoms. The second-order valence-electron chi connectivity index (χ2n) is 7.02. The van der Waals surface area contributed by atoms with Gasteiger partial charge in [0.05, 0.1) is 25.7 Å². The van der Waals surface area contributed by atoms with Gasteiger partial charge in [-0.15, -0.1) is 0 Å². The van der Waals surface area contributed by atoms with Crippen molar-refractivity contribution in [1.82, 2.24) is 5.32 Å². The topological polar surface area (TPSA) is 50.4 Å². The molecule has 1 unspecified atom stereocenters. The fourth-order valence-corrected chi connectivity index (χ4v) is 3.51. The number of rotatable bonds is 5. The summed E-state index contributed by atoms with van der Waals surface area (Å²) in [5, 5.41) is 6.64. The molecule has 130 valence electrons. The van der Waals surface area contributed by atoms with Gasteiger partial charge < -0.3 is 15.4 Å². The Morgan fingerprint density at radius 3 is 2.76 bits per heavy atom. The summed E-state index contributed by atoms with van der Waals surface area (Å²) in [6, 6.07) is 17.3. The van der Waals surface area contributed by atoms with Crippen molar-refractivity contribution in [3.05, 3.63) is 65.2 Å². The van der Waals surface area contributed by atoms with Crippen LogP contribution < -0.4 is 10.6 Å². The fraction of sp³-hybridized carbons (Fsp3) is 0.381. The van der Waals surface area contributed by atoms with E-state index in [1.165, 1.54) is 16.8 Å². The van der Waals surface area contributed by atoms with Gasteiger partial charge in [-0.05, 0) is 35.6 Å². The number of nitrogens with one attached hydrogen (secondary N) is 2. The minimum absolute atomic E-state index is 0.0952. The third-order valence-electron chi connectivity index (χ3n) is 5.06. The number of hydrogen-bond donors (Lipinski definition) is 2. The van der Waals surface area contributed by atoms with Crippen molar-refractivity contribution in [1.29, 1.82) is 0 Å². The third kappa shape index (κ3) is 3.85. The summed E-state index contributed by atoms with van der Waals surface area (Å²) in [6.07, 6.45) is 2.56. The van der Waals surface area contributed by atoms with E-state index in [0.717, 1.165) is 38.2 Å². The Morgan fingerprint density at radius 1 is 1.16 bits per heavy atom. The molecule has 1 fully saturated rings. The monoisotopic (exact) mass is 336 g/mol. The van der Waals surface area contributed by atoms with Crippen molar-refractivity contribution >= 4 is 11.6 Å². The highest BCUT2D eigenvalue weighted by atomic mass is 16.5. The second-order valence-corrected chi connectivity index (χ2v) is 7.02. The Bertz CT molecular complexity index is 741. The molecular weight excluding hydrogens is 312 g/mol. The van der Waals surface area contributed by atoms with Crippen LogP contribution in [0, 0.1) is 5.92 Å². The average Bonchev–Trinajstić information content (AvgIpc) is 2.61. The van der Waals surface area contributed by atoms with E-state index in [-0.39, 0.29) is 5.91 Å². The zero-order valence-corrected chi connectivity index (χ0v) is 14.3. The van der Waals surface area contributed by atoms with Crippen molar-refractivity contribution in [3.8, 4) is 0 Å². The van der Waals surface area contributed by atoms with Crippen LogP contribution in [-0.2, 0) is 22.4 Å². The maximum atomic E-state index is 12.1. The van der Waals surface area contributed by atoms with Gasteiger partial charge in [0.1, 0.15) is 0 Å². The molecule has 2 aliphatic heterocycles. The molecule has 4 rings (SSSR count). The lowest BCUT2D eigenvalue weighted by molar-refractivity contribution is -0.121. The number of aryl methyl sites for hydroxylation is 1. The van der Waals surface area contributed by atoms with E-state index in [9.17, 15) is 4.79 Å². The zero-order chi connectivity index (χ0) is 17.1. The first-order valence-electron chi connectivity index (χ1n) is 9.05. The van der Waals surface area contributed by atoms with Crippen molar-refractivity contribution in [3.63, 3.8) is 0 Å². The van der Waals surface area contributed by atoms with E-state index in [2.05, 4.69) is 59.2 Å². The van der Waals surface area contributed by atoms with Crippen LogP contribution in [0.15, 0.2) is 48.5 Å². The number of carbonyl (C=O) groups is 1. The highest BCUT2D eigenvalue weighted by Crippen LogP contribution is 2.33. The summed E-state index contributed by atoms with van der Waals surface area (Å²) in [6.45, 7) is 2.27. The van der Waals surface area contributed by atoms with Gasteiger partial charge in [0.2, 0.25) is 5.91 Å². The van der Waals surface area contributed by atoms with Gasteiger partial charge in [-0.2, -0.15) is 0 Å². The highest BCUT2D eigenvalue weighted by Gasteiger charge is 2.21. The maximum Gasteiger partial charge on any atom is 0.224 e. The van der Waals surface area contributed by atoms with Crippen LogP contribution in [0.4, 0.5) is 5.69 Å². The van der Waals surface area contributed by atoms with Crippen LogP contribution in [0.2, 0.25) is 0 Å². The van der Waals surface area contributed by atoms with E-state index in [1.807, 2.05) is 0 Å². The number of carbonyl (C=O) groups excluding carboxylic acids is 1. The van der Waals surface area contributed by atoms with Gasteiger partial charge in [-0.3, -0.25) is 4.79 Å². The zero-order valence-electron chi connectivity index (χ0n) is 14.3. The van der Waals surface area contributed by atoms with Crippen LogP contribution in [-0.4, -0.2) is 25.7 Å². The lowest BCUT2D eigenvalue weighted by atomic mass is 9.92. The normalized spacial score (nSPS) is 19.4. The van der Waals surface area contributed by atoms with Crippen molar-refractivity contribution < 1.29 is 9.53 Å². The molecule has 2 aromatic carbocycles. The molecule has 0 bridgehead atoms. The molecule has 4 heteroatoms.